The topological polar surface area (TPSA) is 0 Å². The molecule has 0 N–H and O–H groups in total. The minimum Gasteiger partial charge on any atom is -0.135 e. The first-order valence-corrected chi connectivity index (χ1v) is 15.7. The van der Waals surface area contributed by atoms with Crippen molar-refractivity contribution in [2.75, 3.05) is 0 Å². The Kier molecular flexibility index (Phi) is 6.21. The molecule has 1 heteroatoms. The summed E-state index contributed by atoms with van der Waals surface area (Å²) in [5.41, 5.74) is 9.85. The van der Waals surface area contributed by atoms with Gasteiger partial charge in [0.1, 0.15) is 0 Å². The van der Waals surface area contributed by atoms with E-state index in [9.17, 15) is 0 Å². The molecule has 0 saturated heterocycles. The van der Waals surface area contributed by atoms with Gasteiger partial charge in [-0.15, -0.1) is 11.3 Å². The molecular formula is C42H30S. The molecule has 0 aliphatic heterocycles. The minimum absolute atomic E-state index is 0.995. The fourth-order valence-corrected chi connectivity index (χ4v) is 7.92. The summed E-state index contributed by atoms with van der Waals surface area (Å²) in [6.45, 7) is 8.66. The van der Waals surface area contributed by atoms with Gasteiger partial charge in [0.15, 0.2) is 0 Å². The number of hydrogen-bond acceptors (Lipinski definition) is 1. The van der Waals surface area contributed by atoms with E-state index in [1.807, 2.05) is 17.4 Å². The molecule has 0 radical (unpaired) electrons. The van der Waals surface area contributed by atoms with Gasteiger partial charge in [0.2, 0.25) is 0 Å². The van der Waals surface area contributed by atoms with Crippen LogP contribution in [0.1, 0.15) is 23.1 Å². The van der Waals surface area contributed by atoms with Crippen molar-refractivity contribution in [2.24, 2.45) is 0 Å². The van der Waals surface area contributed by atoms with Gasteiger partial charge in [0.05, 0.1) is 0 Å². The first-order chi connectivity index (χ1) is 21.2. The molecule has 1 heterocycles. The van der Waals surface area contributed by atoms with Crippen LogP contribution in [0.4, 0.5) is 0 Å². The van der Waals surface area contributed by atoms with Gasteiger partial charge in [-0.1, -0.05) is 135 Å². The molecule has 0 nitrogen and oxygen atoms in total. The molecule has 43 heavy (non-hydrogen) atoms. The Morgan fingerprint density at radius 1 is 0.651 bits per heavy atom. The molecule has 7 aromatic rings. The van der Waals surface area contributed by atoms with Gasteiger partial charge in [-0.3, -0.25) is 0 Å². The smallest absolute Gasteiger partial charge is 0.0433 e. The average molecular weight is 567 g/mol. The number of hydrogen-bond donors (Lipinski definition) is 0. The molecule has 0 bridgehead atoms. The Morgan fingerprint density at radius 3 is 2.28 bits per heavy atom. The molecular weight excluding hydrogens is 537 g/mol. The zero-order valence-electron chi connectivity index (χ0n) is 23.9. The maximum Gasteiger partial charge on any atom is 0.0433 e. The van der Waals surface area contributed by atoms with Gasteiger partial charge in [-0.25, -0.2) is 0 Å². The van der Waals surface area contributed by atoms with Crippen LogP contribution in [-0.4, -0.2) is 0 Å². The van der Waals surface area contributed by atoms with Crippen LogP contribution in [-0.2, 0) is 6.42 Å². The second kappa shape index (κ2) is 10.4. The summed E-state index contributed by atoms with van der Waals surface area (Å²) in [6, 6.07) is 42.0. The first-order valence-electron chi connectivity index (χ1n) is 14.9. The van der Waals surface area contributed by atoms with Crippen molar-refractivity contribution in [2.45, 2.75) is 12.8 Å². The predicted molar refractivity (Wildman–Crippen MR) is 190 cm³/mol. The average Bonchev–Trinajstić information content (AvgIpc) is 3.45. The molecule has 1 aromatic heterocycles. The van der Waals surface area contributed by atoms with E-state index in [2.05, 4.69) is 141 Å². The van der Waals surface area contributed by atoms with E-state index in [1.54, 1.807) is 0 Å². The lowest BCUT2D eigenvalue weighted by Gasteiger charge is -2.20. The maximum absolute atomic E-state index is 4.47. The number of thiophene rings is 1. The van der Waals surface area contributed by atoms with Crippen LogP contribution in [0.2, 0.25) is 0 Å². The SMILES string of the molecule is C=C/C(=C\C(=C)c1ccc(-c2cccc3c2sc2ccccc23)cc1)C1=Cc2c(ccc3c2ccc2ccccc23)CC1. The van der Waals surface area contributed by atoms with Crippen LogP contribution in [0.25, 0.3) is 64.5 Å². The summed E-state index contributed by atoms with van der Waals surface area (Å²) in [4.78, 5) is 0. The predicted octanol–water partition coefficient (Wildman–Crippen LogP) is 12.2. The minimum atomic E-state index is 0.995. The highest BCUT2D eigenvalue weighted by Gasteiger charge is 2.16. The quantitative estimate of drug-likeness (QED) is 0.144. The Labute approximate surface area is 256 Å². The third kappa shape index (κ3) is 4.36. The Balaban J connectivity index is 1.12. The van der Waals surface area contributed by atoms with Crippen molar-refractivity contribution < 1.29 is 0 Å². The van der Waals surface area contributed by atoms with Crippen molar-refractivity contribution in [1.29, 1.82) is 0 Å². The van der Waals surface area contributed by atoms with Crippen molar-refractivity contribution in [3.63, 3.8) is 0 Å². The van der Waals surface area contributed by atoms with Crippen LogP contribution >= 0.6 is 11.3 Å². The number of fused-ring (bicyclic) bond motifs is 8. The highest BCUT2D eigenvalue weighted by molar-refractivity contribution is 7.26. The zero-order chi connectivity index (χ0) is 28.9. The first kappa shape index (κ1) is 25.7. The molecule has 0 saturated carbocycles. The van der Waals surface area contributed by atoms with Gasteiger partial charge < -0.3 is 0 Å². The second-order valence-electron chi connectivity index (χ2n) is 11.4. The van der Waals surface area contributed by atoms with Crippen molar-refractivity contribution in [3.05, 3.63) is 168 Å². The van der Waals surface area contributed by atoms with Crippen LogP contribution in [0, 0.1) is 0 Å². The maximum atomic E-state index is 4.47. The van der Waals surface area contributed by atoms with Crippen molar-refractivity contribution in [3.8, 4) is 11.1 Å². The monoisotopic (exact) mass is 566 g/mol. The molecule has 204 valence electrons. The molecule has 1 aliphatic rings. The molecule has 0 fully saturated rings. The Hall–Kier alpha value is -4.98. The molecule has 0 spiro atoms. The molecule has 1 aliphatic carbocycles. The van der Waals surface area contributed by atoms with E-state index < -0.39 is 0 Å². The standard InChI is InChI=1S/C42H30S/c1-3-28(33-20-19-32-22-23-36-34-10-5-4-9-30(34)21-24-37(36)40(32)26-33)25-27(2)29-15-17-31(18-16-29)35-12-8-13-39-38-11-6-7-14-41(38)43-42(35)39/h3-18,21-26H,1-2,19-20H2/b28-25+. The van der Waals surface area contributed by atoms with E-state index in [1.165, 1.54) is 69.5 Å². The second-order valence-corrected chi connectivity index (χ2v) is 12.4. The van der Waals surface area contributed by atoms with E-state index in [-0.39, 0.29) is 0 Å². The van der Waals surface area contributed by atoms with Crippen LogP contribution < -0.4 is 0 Å². The van der Waals surface area contributed by atoms with E-state index in [0.29, 0.717) is 0 Å². The van der Waals surface area contributed by atoms with Crippen LogP contribution in [0.15, 0.2) is 152 Å². The molecule has 0 unspecified atom stereocenters. The fraction of sp³-hybridized carbons (Fsp3) is 0.0476. The summed E-state index contributed by atoms with van der Waals surface area (Å²) < 4.78 is 2.67. The fourth-order valence-electron chi connectivity index (χ4n) is 6.68. The number of aryl methyl sites for hydroxylation is 1. The van der Waals surface area contributed by atoms with E-state index in [4.69, 9.17) is 0 Å². The van der Waals surface area contributed by atoms with E-state index >= 15 is 0 Å². The lowest BCUT2D eigenvalue weighted by Crippen LogP contribution is -2.02. The van der Waals surface area contributed by atoms with Crippen molar-refractivity contribution >= 4 is 64.7 Å². The third-order valence-electron chi connectivity index (χ3n) is 8.93. The van der Waals surface area contributed by atoms with Gasteiger partial charge in [0, 0.05) is 20.2 Å². The van der Waals surface area contributed by atoms with Gasteiger partial charge in [-0.05, 0) is 91.1 Å². The molecule has 0 atom stereocenters. The highest BCUT2D eigenvalue weighted by atomic mass is 32.1. The van der Waals surface area contributed by atoms with E-state index in [0.717, 1.165) is 29.6 Å². The number of benzene rings is 6. The zero-order valence-corrected chi connectivity index (χ0v) is 24.8. The van der Waals surface area contributed by atoms with Crippen LogP contribution in [0.3, 0.4) is 0 Å². The molecule has 6 aromatic carbocycles. The normalized spacial score (nSPS) is 13.4. The van der Waals surface area contributed by atoms with Gasteiger partial charge in [0.25, 0.3) is 0 Å². The Bertz CT molecular complexity index is 2300. The van der Waals surface area contributed by atoms with Gasteiger partial charge in [-0.2, -0.15) is 0 Å². The Morgan fingerprint density at radius 2 is 1.42 bits per heavy atom. The summed E-state index contributed by atoms with van der Waals surface area (Å²) in [5.74, 6) is 0. The summed E-state index contributed by atoms with van der Waals surface area (Å²) in [6.07, 6.45) is 8.59. The summed E-state index contributed by atoms with van der Waals surface area (Å²) in [7, 11) is 0. The number of rotatable bonds is 5. The lowest BCUT2D eigenvalue weighted by molar-refractivity contribution is 0.944. The number of allylic oxidation sites excluding steroid dienone is 5. The van der Waals surface area contributed by atoms with Crippen LogP contribution in [0.5, 0.6) is 0 Å². The largest absolute Gasteiger partial charge is 0.135 e. The lowest BCUT2D eigenvalue weighted by atomic mass is 9.84. The van der Waals surface area contributed by atoms with Crippen molar-refractivity contribution in [1.82, 2.24) is 0 Å². The molecule has 0 amide bonds. The highest BCUT2D eigenvalue weighted by Crippen LogP contribution is 2.40. The summed E-state index contributed by atoms with van der Waals surface area (Å²) in [5, 5.41) is 7.88. The van der Waals surface area contributed by atoms with Gasteiger partial charge >= 0.3 is 0 Å². The molecule has 8 rings (SSSR count). The third-order valence-corrected chi connectivity index (χ3v) is 10.2. The summed E-state index contributed by atoms with van der Waals surface area (Å²) >= 11 is 1.87.